The molecule has 2 aromatic carbocycles. The molecule has 0 fully saturated rings. The van der Waals surface area contributed by atoms with Gasteiger partial charge in [-0.25, -0.2) is 9.97 Å². The number of rotatable bonds is 5. The van der Waals surface area contributed by atoms with Gasteiger partial charge < -0.3 is 10.6 Å². The topological polar surface area (TPSA) is 66.9 Å². The summed E-state index contributed by atoms with van der Waals surface area (Å²) in [6, 6.07) is 17.0. The highest BCUT2D eigenvalue weighted by atomic mass is 79.9. The Bertz CT molecular complexity index is 910. The van der Waals surface area contributed by atoms with E-state index in [1.165, 1.54) is 0 Å². The maximum atomic E-state index is 11.3. The van der Waals surface area contributed by atoms with Gasteiger partial charge in [0.2, 0.25) is 0 Å². The molecule has 2 N–H and O–H groups in total. The first kappa shape index (κ1) is 17.1. The van der Waals surface area contributed by atoms with Crippen LogP contribution in [0.1, 0.15) is 23.1 Å². The van der Waals surface area contributed by atoms with E-state index < -0.39 is 0 Å². The van der Waals surface area contributed by atoms with Crippen molar-refractivity contribution in [1.29, 1.82) is 0 Å². The minimum Gasteiger partial charge on any atom is -0.340 e. The largest absolute Gasteiger partial charge is 0.340 e. The van der Waals surface area contributed by atoms with Crippen molar-refractivity contribution in [3.05, 3.63) is 70.5 Å². The number of nitrogens with zero attached hydrogens (tertiary/aromatic N) is 2. The summed E-state index contributed by atoms with van der Waals surface area (Å²) >= 11 is 3.46. The van der Waals surface area contributed by atoms with Crippen LogP contribution in [0.3, 0.4) is 0 Å². The molecular formula is C19H17BrN4O. The van der Waals surface area contributed by atoms with Gasteiger partial charge in [-0.3, -0.25) is 4.79 Å². The molecule has 0 saturated carbocycles. The van der Waals surface area contributed by atoms with Crippen LogP contribution in [0.15, 0.2) is 59.1 Å². The lowest BCUT2D eigenvalue weighted by molar-refractivity contribution is 0.101. The van der Waals surface area contributed by atoms with E-state index in [4.69, 9.17) is 0 Å². The highest BCUT2D eigenvalue weighted by molar-refractivity contribution is 9.10. The van der Waals surface area contributed by atoms with Crippen LogP contribution < -0.4 is 10.6 Å². The Kier molecular flexibility index (Phi) is 5.09. The van der Waals surface area contributed by atoms with E-state index in [0.717, 1.165) is 15.8 Å². The van der Waals surface area contributed by atoms with Crippen molar-refractivity contribution in [2.75, 3.05) is 10.6 Å². The van der Waals surface area contributed by atoms with Gasteiger partial charge >= 0.3 is 0 Å². The molecule has 0 unspecified atom stereocenters. The highest BCUT2D eigenvalue weighted by Gasteiger charge is 2.05. The molecule has 25 heavy (non-hydrogen) atoms. The standard InChI is InChI=1S/C19H17BrN4O/c1-12(25)14-6-8-16(9-7-14)23-18-11-19(22-13(2)21-18)24-17-5-3-4-15(20)10-17/h3-11H,1-2H3,(H2,21,22,23,24). The summed E-state index contributed by atoms with van der Waals surface area (Å²) in [5.41, 5.74) is 2.47. The molecule has 0 amide bonds. The first-order valence-electron chi connectivity index (χ1n) is 7.76. The summed E-state index contributed by atoms with van der Waals surface area (Å²) in [5, 5.41) is 6.51. The van der Waals surface area contributed by atoms with E-state index in [1.807, 2.05) is 49.4 Å². The lowest BCUT2D eigenvalue weighted by Gasteiger charge is -2.11. The Labute approximate surface area is 154 Å². The van der Waals surface area contributed by atoms with Crippen LogP contribution in [0.25, 0.3) is 0 Å². The quantitative estimate of drug-likeness (QED) is 0.577. The number of aryl methyl sites for hydroxylation is 1. The lowest BCUT2D eigenvalue weighted by Crippen LogP contribution is -2.01. The molecule has 0 aliphatic rings. The van der Waals surface area contributed by atoms with Crippen molar-refractivity contribution in [1.82, 2.24) is 9.97 Å². The van der Waals surface area contributed by atoms with Crippen molar-refractivity contribution in [2.45, 2.75) is 13.8 Å². The van der Waals surface area contributed by atoms with Gasteiger partial charge in [0, 0.05) is 27.5 Å². The van der Waals surface area contributed by atoms with E-state index in [-0.39, 0.29) is 5.78 Å². The molecule has 0 bridgehead atoms. The van der Waals surface area contributed by atoms with E-state index in [2.05, 4.69) is 36.5 Å². The molecule has 5 nitrogen and oxygen atoms in total. The molecule has 0 spiro atoms. The molecular weight excluding hydrogens is 380 g/mol. The number of anilines is 4. The Morgan fingerprint density at radius 1 is 0.920 bits per heavy atom. The molecule has 0 aliphatic heterocycles. The second-order valence-electron chi connectivity index (χ2n) is 5.58. The third kappa shape index (κ3) is 4.64. The fourth-order valence-corrected chi connectivity index (χ4v) is 2.75. The molecule has 0 atom stereocenters. The second-order valence-corrected chi connectivity index (χ2v) is 6.50. The normalized spacial score (nSPS) is 10.4. The third-order valence-electron chi connectivity index (χ3n) is 3.50. The maximum Gasteiger partial charge on any atom is 0.159 e. The molecule has 1 aromatic heterocycles. The highest BCUT2D eigenvalue weighted by Crippen LogP contribution is 2.22. The van der Waals surface area contributed by atoms with Crippen molar-refractivity contribution in [3.8, 4) is 0 Å². The van der Waals surface area contributed by atoms with E-state index in [9.17, 15) is 4.79 Å². The summed E-state index contributed by atoms with van der Waals surface area (Å²) < 4.78 is 0.993. The van der Waals surface area contributed by atoms with Gasteiger partial charge in [-0.1, -0.05) is 22.0 Å². The molecule has 3 aromatic rings. The number of Topliss-reactive ketones (excluding diaryl/α,β-unsaturated/α-hetero) is 1. The Hall–Kier alpha value is -2.73. The zero-order valence-corrected chi connectivity index (χ0v) is 15.5. The number of hydrogen-bond donors (Lipinski definition) is 2. The number of hydrogen-bond acceptors (Lipinski definition) is 5. The SMILES string of the molecule is CC(=O)c1ccc(Nc2cc(Nc3cccc(Br)c3)nc(C)n2)cc1. The monoisotopic (exact) mass is 396 g/mol. The first-order chi connectivity index (χ1) is 12.0. The molecule has 126 valence electrons. The van der Waals surface area contributed by atoms with Crippen LogP contribution in [0.5, 0.6) is 0 Å². The van der Waals surface area contributed by atoms with E-state index in [1.54, 1.807) is 19.1 Å². The summed E-state index contributed by atoms with van der Waals surface area (Å²) in [7, 11) is 0. The number of nitrogens with one attached hydrogen (secondary N) is 2. The Balaban J connectivity index is 1.80. The summed E-state index contributed by atoms with van der Waals surface area (Å²) in [4.78, 5) is 20.2. The van der Waals surface area contributed by atoms with Gasteiger partial charge in [0.15, 0.2) is 5.78 Å². The van der Waals surface area contributed by atoms with Crippen LogP contribution in [-0.4, -0.2) is 15.8 Å². The van der Waals surface area contributed by atoms with Crippen molar-refractivity contribution in [3.63, 3.8) is 0 Å². The summed E-state index contributed by atoms with van der Waals surface area (Å²) in [6.45, 7) is 3.40. The predicted octanol–water partition coefficient (Wildman–Crippen LogP) is 5.24. The first-order valence-corrected chi connectivity index (χ1v) is 8.55. The van der Waals surface area contributed by atoms with Gasteiger partial charge in [0.1, 0.15) is 17.5 Å². The Morgan fingerprint density at radius 3 is 2.16 bits per heavy atom. The number of carbonyl (C=O) groups is 1. The summed E-state index contributed by atoms with van der Waals surface area (Å²) in [5.74, 6) is 2.09. The van der Waals surface area contributed by atoms with Crippen LogP contribution >= 0.6 is 15.9 Å². The number of ketones is 1. The van der Waals surface area contributed by atoms with Crippen LogP contribution in [0.2, 0.25) is 0 Å². The van der Waals surface area contributed by atoms with Gasteiger partial charge in [0.25, 0.3) is 0 Å². The van der Waals surface area contributed by atoms with Gasteiger partial charge in [0.05, 0.1) is 0 Å². The van der Waals surface area contributed by atoms with E-state index in [0.29, 0.717) is 23.0 Å². The zero-order valence-electron chi connectivity index (χ0n) is 13.9. The third-order valence-corrected chi connectivity index (χ3v) is 3.99. The average molecular weight is 397 g/mol. The molecule has 0 saturated heterocycles. The molecule has 1 heterocycles. The Morgan fingerprint density at radius 2 is 1.56 bits per heavy atom. The molecule has 0 radical (unpaired) electrons. The minimum atomic E-state index is 0.0462. The van der Waals surface area contributed by atoms with Gasteiger partial charge in [-0.15, -0.1) is 0 Å². The van der Waals surface area contributed by atoms with Crippen LogP contribution in [0.4, 0.5) is 23.0 Å². The molecule has 3 rings (SSSR count). The van der Waals surface area contributed by atoms with Gasteiger partial charge in [-0.2, -0.15) is 0 Å². The number of benzene rings is 2. The molecule has 0 aliphatic carbocycles. The number of aromatic nitrogens is 2. The average Bonchev–Trinajstić information content (AvgIpc) is 2.54. The van der Waals surface area contributed by atoms with Crippen LogP contribution in [0, 0.1) is 6.92 Å². The lowest BCUT2D eigenvalue weighted by atomic mass is 10.1. The van der Waals surface area contributed by atoms with E-state index >= 15 is 0 Å². The summed E-state index contributed by atoms with van der Waals surface area (Å²) in [6.07, 6.45) is 0. The smallest absolute Gasteiger partial charge is 0.159 e. The maximum absolute atomic E-state index is 11.3. The van der Waals surface area contributed by atoms with Gasteiger partial charge in [-0.05, 0) is 56.3 Å². The van der Waals surface area contributed by atoms with Crippen molar-refractivity contribution in [2.24, 2.45) is 0 Å². The zero-order chi connectivity index (χ0) is 17.8. The van der Waals surface area contributed by atoms with Crippen molar-refractivity contribution < 1.29 is 4.79 Å². The number of carbonyl (C=O) groups excluding carboxylic acids is 1. The number of halogens is 1. The fourth-order valence-electron chi connectivity index (χ4n) is 2.35. The predicted molar refractivity (Wildman–Crippen MR) is 104 cm³/mol. The van der Waals surface area contributed by atoms with Crippen molar-refractivity contribution >= 4 is 44.7 Å². The fraction of sp³-hybridized carbons (Fsp3) is 0.105. The second kappa shape index (κ2) is 7.44. The molecule has 6 heteroatoms. The van der Waals surface area contributed by atoms with Crippen LogP contribution in [-0.2, 0) is 0 Å². The minimum absolute atomic E-state index is 0.0462.